The fourth-order valence-electron chi connectivity index (χ4n) is 8.80. The van der Waals surface area contributed by atoms with Gasteiger partial charge in [-0.1, -0.05) is 97.1 Å². The number of hydrogen-bond donors (Lipinski definition) is 6. The quantitative estimate of drug-likeness (QED) is 0.0408. The number of Topliss-reactive ketones (excluding diaryl/α,β-unsaturated/α-hetero) is 1. The molecular formula is C51H56N8O8S. The summed E-state index contributed by atoms with van der Waals surface area (Å²) in [6, 6.07) is 36.4. The molecule has 0 fully saturated rings. The summed E-state index contributed by atoms with van der Waals surface area (Å²) in [7, 11) is -2.73. The number of imidazole rings is 1. The molecule has 7 rings (SSSR count). The first-order valence-corrected chi connectivity index (χ1v) is 23.8. The zero-order valence-electron chi connectivity index (χ0n) is 38.1. The van der Waals surface area contributed by atoms with Crippen molar-refractivity contribution >= 4 is 45.2 Å². The Bertz CT molecular complexity index is 2740. The summed E-state index contributed by atoms with van der Waals surface area (Å²) in [6.07, 6.45) is 4.19. The summed E-state index contributed by atoms with van der Waals surface area (Å²) in [6.45, 7) is 3.76. The maximum Gasteiger partial charge on any atom is 0.323 e. The van der Waals surface area contributed by atoms with E-state index in [9.17, 15) is 32.7 Å². The minimum Gasteiger partial charge on any atom is -0.494 e. The van der Waals surface area contributed by atoms with E-state index in [1.807, 2.05) is 72.9 Å². The lowest BCUT2D eigenvalue weighted by Crippen LogP contribution is -2.54. The summed E-state index contributed by atoms with van der Waals surface area (Å²) in [5.74, 6) is -1.60. The lowest BCUT2D eigenvalue weighted by Gasteiger charge is -2.38. The van der Waals surface area contributed by atoms with Crippen molar-refractivity contribution in [3.05, 3.63) is 173 Å². The van der Waals surface area contributed by atoms with E-state index < -0.39 is 46.1 Å². The monoisotopic (exact) mass is 940 g/mol. The van der Waals surface area contributed by atoms with Crippen molar-refractivity contribution in [2.45, 2.75) is 62.2 Å². The highest BCUT2D eigenvalue weighted by atomic mass is 32.2. The van der Waals surface area contributed by atoms with Crippen LogP contribution in [0.15, 0.2) is 139 Å². The van der Waals surface area contributed by atoms with Crippen LogP contribution in [0.1, 0.15) is 63.0 Å². The van der Waals surface area contributed by atoms with Gasteiger partial charge in [-0.15, -0.1) is 0 Å². The number of amides is 2. The van der Waals surface area contributed by atoms with E-state index in [0.29, 0.717) is 60.1 Å². The van der Waals surface area contributed by atoms with E-state index in [1.54, 1.807) is 38.1 Å². The van der Waals surface area contributed by atoms with Gasteiger partial charge in [0.2, 0.25) is 27.8 Å². The predicted octanol–water partition coefficient (Wildman–Crippen LogP) is 5.13. The number of aromatic nitrogens is 2. The second kappa shape index (κ2) is 21.5. The number of benzene rings is 5. The lowest BCUT2D eigenvalue weighted by atomic mass is 9.76. The topological polar surface area (TPSA) is 227 Å². The number of hydrogen-bond acceptors (Lipinski definition) is 11. The molecule has 6 aromatic rings. The summed E-state index contributed by atoms with van der Waals surface area (Å²) in [4.78, 5) is 57.9. The molecule has 1 unspecified atom stereocenters. The Balaban J connectivity index is 1.03. The number of ether oxygens (including phenoxy) is 1. The molecule has 68 heavy (non-hydrogen) atoms. The number of ketones is 1. The number of aliphatic carboxylic acids is 1. The van der Waals surface area contributed by atoms with Crippen LogP contribution in [0.3, 0.4) is 0 Å². The summed E-state index contributed by atoms with van der Waals surface area (Å²) >= 11 is 0. The van der Waals surface area contributed by atoms with Crippen molar-refractivity contribution in [3.63, 3.8) is 0 Å². The maximum atomic E-state index is 13.8. The zero-order chi connectivity index (χ0) is 48.4. The smallest absolute Gasteiger partial charge is 0.323 e. The number of rotatable bonds is 21. The van der Waals surface area contributed by atoms with E-state index in [-0.39, 0.29) is 36.0 Å². The Morgan fingerprint density at radius 3 is 2.06 bits per heavy atom. The molecule has 1 aliphatic rings. The first-order chi connectivity index (χ1) is 32.7. The van der Waals surface area contributed by atoms with Crippen molar-refractivity contribution in [2.75, 3.05) is 43.5 Å². The van der Waals surface area contributed by atoms with E-state index >= 15 is 0 Å². The SMILES string of the molecule is Cc1cc(OCCCC(=O)NCCN)cc(C)c1S(=O)(=O)N[C@@H](CNC(=O)C1CC(=O)c2ccc(CNc3nccn3C(c3ccccc3)(c3ccccc3)c3ccccc3)cc2N1C)C(=O)O. The van der Waals surface area contributed by atoms with Gasteiger partial charge >= 0.3 is 5.97 Å². The number of carbonyl (C=O) groups is 4. The number of carboxylic acid groups (broad SMARTS) is 1. The fraction of sp³-hybridized carbons (Fsp3) is 0.275. The highest BCUT2D eigenvalue weighted by Crippen LogP contribution is 2.42. The Labute approximate surface area is 396 Å². The van der Waals surface area contributed by atoms with Gasteiger partial charge in [0.15, 0.2) is 5.78 Å². The van der Waals surface area contributed by atoms with Crippen molar-refractivity contribution in [2.24, 2.45) is 5.73 Å². The van der Waals surface area contributed by atoms with E-state index in [4.69, 9.17) is 15.5 Å². The van der Waals surface area contributed by atoms with E-state index in [1.165, 1.54) is 12.1 Å². The first kappa shape index (κ1) is 48.6. The molecule has 0 bridgehead atoms. The number of aryl methyl sites for hydroxylation is 2. The predicted molar refractivity (Wildman–Crippen MR) is 259 cm³/mol. The van der Waals surface area contributed by atoms with Crippen LogP contribution in [0.4, 0.5) is 11.6 Å². The van der Waals surface area contributed by atoms with Gasteiger partial charge < -0.3 is 36.4 Å². The zero-order valence-corrected chi connectivity index (χ0v) is 39.0. The number of carboxylic acids is 1. The summed E-state index contributed by atoms with van der Waals surface area (Å²) in [5.41, 5.74) is 10.1. The number of carbonyl (C=O) groups excluding carboxylic acids is 3. The molecule has 17 heteroatoms. The van der Waals surface area contributed by atoms with E-state index in [0.717, 1.165) is 22.3 Å². The van der Waals surface area contributed by atoms with Gasteiger partial charge in [-0.05, 0) is 77.9 Å². The highest BCUT2D eigenvalue weighted by molar-refractivity contribution is 7.89. The number of sulfonamides is 1. The minimum absolute atomic E-state index is 0.130. The Morgan fingerprint density at radius 2 is 1.49 bits per heavy atom. The first-order valence-electron chi connectivity index (χ1n) is 22.3. The summed E-state index contributed by atoms with van der Waals surface area (Å²) < 4.78 is 37.5. The molecule has 0 saturated heterocycles. The van der Waals surface area contributed by atoms with Crippen LogP contribution < -0.4 is 36.0 Å². The molecule has 5 aromatic carbocycles. The fourth-order valence-corrected chi connectivity index (χ4v) is 10.4. The second-order valence-electron chi connectivity index (χ2n) is 16.6. The van der Waals surface area contributed by atoms with Crippen molar-refractivity contribution in [1.82, 2.24) is 24.9 Å². The normalized spacial score (nSPS) is 14.1. The van der Waals surface area contributed by atoms with E-state index in [2.05, 4.69) is 61.6 Å². The molecule has 0 saturated carbocycles. The molecule has 0 spiro atoms. The van der Waals surface area contributed by atoms with Gasteiger partial charge in [-0.25, -0.2) is 13.4 Å². The van der Waals surface area contributed by atoms with Crippen LogP contribution in [0.25, 0.3) is 0 Å². The Kier molecular flexibility index (Phi) is 15.4. The number of likely N-dealkylation sites (N-methyl/N-ethyl adjacent to an activating group) is 1. The Morgan fingerprint density at radius 1 is 0.882 bits per heavy atom. The van der Waals surface area contributed by atoms with Crippen molar-refractivity contribution in [1.29, 1.82) is 0 Å². The highest BCUT2D eigenvalue weighted by Gasteiger charge is 2.40. The van der Waals surface area contributed by atoms with Gasteiger partial charge in [0.25, 0.3) is 0 Å². The third kappa shape index (κ3) is 10.6. The lowest BCUT2D eigenvalue weighted by molar-refractivity contribution is -0.139. The van der Waals surface area contributed by atoms with Crippen molar-refractivity contribution < 1.29 is 37.4 Å². The van der Waals surface area contributed by atoms with Crippen LogP contribution in [-0.2, 0) is 36.5 Å². The summed E-state index contributed by atoms with van der Waals surface area (Å²) in [5, 5.41) is 18.9. The van der Waals surface area contributed by atoms with Gasteiger partial charge in [0, 0.05) is 69.7 Å². The number of anilines is 2. The van der Waals surface area contributed by atoms with Crippen LogP contribution in [-0.4, -0.2) is 92.0 Å². The van der Waals surface area contributed by atoms with Gasteiger partial charge in [0.05, 0.1) is 11.5 Å². The van der Waals surface area contributed by atoms with Crippen LogP contribution in [0, 0.1) is 13.8 Å². The maximum absolute atomic E-state index is 13.8. The minimum atomic E-state index is -4.42. The number of nitrogens with two attached hydrogens (primary N) is 1. The van der Waals surface area contributed by atoms with Gasteiger partial charge in [-0.3, -0.25) is 23.7 Å². The molecule has 0 radical (unpaired) electrons. The van der Waals surface area contributed by atoms with Gasteiger partial charge in [0.1, 0.15) is 23.4 Å². The number of fused-ring (bicyclic) bond motifs is 1. The van der Waals surface area contributed by atoms with Crippen LogP contribution in [0.2, 0.25) is 0 Å². The third-order valence-electron chi connectivity index (χ3n) is 12.0. The number of nitrogens with one attached hydrogen (secondary N) is 4. The third-order valence-corrected chi connectivity index (χ3v) is 13.8. The molecule has 1 aliphatic heterocycles. The molecule has 2 heterocycles. The standard InChI is InChI=1S/C51H56N8O8S/c1-34-28-40(67-27-13-20-46(61)53-24-23-52)29-35(2)47(34)68(65,66)57-42(49(63)64)33-55-48(62)44-31-45(60)41-22-21-36(30-43(41)58(44)3)32-56-50-54-25-26-59(50)51(37-14-7-4-8-15-37,38-16-9-5-10-17-38)39-18-11-6-12-19-39/h4-12,14-19,21-22,25-26,28-30,42,44,57H,13,20,23-24,27,31-33,52H2,1-3H3,(H,53,61)(H,54,56)(H,55,62)(H,63,64)/t42-,44?/m0/s1. The molecule has 354 valence electrons. The molecule has 7 N–H and O–H groups in total. The molecule has 2 atom stereocenters. The number of nitrogens with zero attached hydrogens (tertiary/aromatic N) is 3. The van der Waals surface area contributed by atoms with Gasteiger partial charge in [-0.2, -0.15) is 4.72 Å². The Hall–Kier alpha value is -7.34. The molecule has 1 aromatic heterocycles. The average molecular weight is 941 g/mol. The van der Waals surface area contributed by atoms with Crippen LogP contribution >= 0.6 is 0 Å². The molecule has 16 nitrogen and oxygen atoms in total. The van der Waals surface area contributed by atoms with Crippen LogP contribution in [0.5, 0.6) is 5.75 Å². The second-order valence-corrected chi connectivity index (χ2v) is 18.3. The molecule has 0 aliphatic carbocycles. The molecule has 2 amide bonds. The largest absolute Gasteiger partial charge is 0.494 e. The molecular weight excluding hydrogens is 885 g/mol. The van der Waals surface area contributed by atoms with Crippen molar-refractivity contribution in [3.8, 4) is 5.75 Å². The average Bonchev–Trinajstić information content (AvgIpc) is 3.81.